The molecule has 0 aliphatic carbocycles. The molecule has 1 fully saturated rings. The number of benzene rings is 1. The number of carbonyl (C=O) groups excluding carboxylic acids is 1. The van der Waals surface area contributed by atoms with Crippen LogP contribution in [0.15, 0.2) is 18.2 Å². The number of ether oxygens (including phenoxy) is 1. The van der Waals surface area contributed by atoms with E-state index in [2.05, 4.69) is 10.6 Å². The van der Waals surface area contributed by atoms with Crippen molar-refractivity contribution in [1.82, 2.24) is 10.6 Å². The fraction of sp³-hybridized carbons (Fsp3) is 0.611. The van der Waals surface area contributed by atoms with Gasteiger partial charge in [0.25, 0.3) is 0 Å². The highest BCUT2D eigenvalue weighted by Gasteiger charge is 2.40. The Kier molecular flexibility index (Phi) is 6.54. The van der Waals surface area contributed by atoms with Gasteiger partial charge in [0.15, 0.2) is 0 Å². The second-order valence-corrected chi connectivity index (χ2v) is 7.94. The van der Waals surface area contributed by atoms with Crippen LogP contribution in [0.2, 0.25) is 10.0 Å². The molecule has 6 heteroatoms. The maximum Gasteiger partial charge on any atom is 0.228 e. The van der Waals surface area contributed by atoms with Crippen molar-refractivity contribution in [3.05, 3.63) is 33.8 Å². The molecule has 1 aliphatic rings. The average Bonchev–Trinajstić information content (AvgIpc) is 2.53. The van der Waals surface area contributed by atoms with E-state index < -0.39 is 5.41 Å². The summed E-state index contributed by atoms with van der Waals surface area (Å²) in [7, 11) is 1.64. The van der Waals surface area contributed by atoms with Crippen LogP contribution in [0.4, 0.5) is 0 Å². The van der Waals surface area contributed by atoms with E-state index in [0.717, 1.165) is 31.5 Å². The summed E-state index contributed by atoms with van der Waals surface area (Å²) in [4.78, 5) is 12.9. The Balaban J connectivity index is 2.11. The molecule has 0 bridgehead atoms. The molecule has 134 valence electrons. The van der Waals surface area contributed by atoms with Gasteiger partial charge >= 0.3 is 0 Å². The Morgan fingerprint density at radius 1 is 1.29 bits per heavy atom. The molecular weight excluding hydrogens is 347 g/mol. The highest BCUT2D eigenvalue weighted by Crippen LogP contribution is 2.36. The van der Waals surface area contributed by atoms with Crippen LogP contribution >= 0.6 is 23.2 Å². The first-order chi connectivity index (χ1) is 11.3. The summed E-state index contributed by atoms with van der Waals surface area (Å²) < 4.78 is 5.33. The lowest BCUT2D eigenvalue weighted by molar-refractivity contribution is -0.136. The van der Waals surface area contributed by atoms with Crippen LogP contribution in [0.25, 0.3) is 0 Å². The number of rotatable bonds is 6. The third kappa shape index (κ3) is 4.23. The summed E-state index contributed by atoms with van der Waals surface area (Å²) in [6, 6.07) is 5.47. The number of halogens is 2. The van der Waals surface area contributed by atoms with Crippen LogP contribution in [0.3, 0.4) is 0 Å². The van der Waals surface area contributed by atoms with E-state index in [1.807, 2.05) is 32.0 Å². The number of hydrogen-bond donors (Lipinski definition) is 2. The quantitative estimate of drug-likeness (QED) is 0.804. The zero-order valence-corrected chi connectivity index (χ0v) is 16.1. The van der Waals surface area contributed by atoms with Gasteiger partial charge in [-0.2, -0.15) is 0 Å². The van der Waals surface area contributed by atoms with Gasteiger partial charge in [-0.15, -0.1) is 0 Å². The van der Waals surface area contributed by atoms with Crippen molar-refractivity contribution in [2.24, 2.45) is 5.41 Å². The van der Waals surface area contributed by atoms with Crippen molar-refractivity contribution in [2.45, 2.75) is 32.1 Å². The zero-order chi connectivity index (χ0) is 17.8. The third-order valence-corrected chi connectivity index (χ3v) is 5.42. The minimum absolute atomic E-state index is 0.0436. The van der Waals surface area contributed by atoms with E-state index in [1.54, 1.807) is 7.11 Å². The molecule has 0 radical (unpaired) electrons. The third-order valence-electron chi connectivity index (χ3n) is 4.79. The predicted molar refractivity (Wildman–Crippen MR) is 98.9 cm³/mol. The van der Waals surface area contributed by atoms with Crippen molar-refractivity contribution >= 4 is 29.1 Å². The first-order valence-electron chi connectivity index (χ1n) is 8.25. The Labute approximate surface area is 154 Å². The zero-order valence-electron chi connectivity index (χ0n) is 14.5. The first kappa shape index (κ1) is 19.5. The summed E-state index contributed by atoms with van der Waals surface area (Å²) >= 11 is 12.7. The number of amides is 1. The molecule has 0 saturated carbocycles. The fourth-order valence-corrected chi connectivity index (χ4v) is 4.25. The topological polar surface area (TPSA) is 50.4 Å². The standard InChI is InChI=1S/C18H26Cl2N2O2/c1-17(2,15-13(19)5-4-6-14(15)20)11-22-16(23)18(12-24-3)7-9-21-10-8-18/h4-6,21H,7-12H2,1-3H3,(H,22,23). The SMILES string of the molecule is COCC1(C(=O)NCC(C)(C)c2c(Cl)cccc2Cl)CCNCC1. The Morgan fingerprint density at radius 3 is 2.42 bits per heavy atom. The van der Waals surface area contributed by atoms with E-state index in [9.17, 15) is 4.79 Å². The number of nitrogens with one attached hydrogen (secondary N) is 2. The van der Waals surface area contributed by atoms with E-state index in [4.69, 9.17) is 27.9 Å². The number of piperidine rings is 1. The summed E-state index contributed by atoms with van der Waals surface area (Å²) in [6.45, 7) is 6.63. The van der Waals surface area contributed by atoms with E-state index in [0.29, 0.717) is 23.2 Å². The second-order valence-electron chi connectivity index (χ2n) is 7.13. The van der Waals surface area contributed by atoms with Gasteiger partial charge in [-0.3, -0.25) is 4.79 Å². The molecule has 2 rings (SSSR count). The van der Waals surface area contributed by atoms with Gasteiger partial charge in [0.1, 0.15) is 0 Å². The lowest BCUT2D eigenvalue weighted by atomic mass is 9.78. The van der Waals surface area contributed by atoms with Crippen molar-refractivity contribution in [1.29, 1.82) is 0 Å². The Morgan fingerprint density at radius 2 is 1.88 bits per heavy atom. The molecule has 1 aliphatic heterocycles. The van der Waals surface area contributed by atoms with Gasteiger partial charge in [-0.25, -0.2) is 0 Å². The predicted octanol–water partition coefficient (Wildman–Crippen LogP) is 3.40. The molecular formula is C18H26Cl2N2O2. The van der Waals surface area contributed by atoms with Crippen molar-refractivity contribution < 1.29 is 9.53 Å². The van der Waals surface area contributed by atoms with Crippen molar-refractivity contribution in [3.63, 3.8) is 0 Å². The molecule has 1 heterocycles. The molecule has 0 atom stereocenters. The van der Waals surface area contributed by atoms with Crippen LogP contribution in [-0.2, 0) is 14.9 Å². The Bertz CT molecular complexity index is 559. The number of hydrogen-bond acceptors (Lipinski definition) is 3. The molecule has 0 unspecified atom stereocenters. The summed E-state index contributed by atoms with van der Waals surface area (Å²) in [6.07, 6.45) is 1.56. The van der Waals surface area contributed by atoms with Crippen LogP contribution in [-0.4, -0.2) is 39.3 Å². The number of carbonyl (C=O) groups is 1. The van der Waals surface area contributed by atoms with E-state index >= 15 is 0 Å². The van der Waals surface area contributed by atoms with Gasteiger partial charge in [-0.1, -0.05) is 43.1 Å². The maximum absolute atomic E-state index is 12.9. The fourth-order valence-electron chi connectivity index (χ4n) is 3.34. The summed E-state index contributed by atoms with van der Waals surface area (Å²) in [5.41, 5.74) is 0.0341. The minimum Gasteiger partial charge on any atom is -0.384 e. The highest BCUT2D eigenvalue weighted by molar-refractivity contribution is 6.36. The normalized spacial score (nSPS) is 17.5. The molecule has 1 saturated heterocycles. The Hall–Kier alpha value is -0.810. The smallest absolute Gasteiger partial charge is 0.228 e. The summed E-state index contributed by atoms with van der Waals surface area (Å²) in [5.74, 6) is 0.0436. The van der Waals surface area contributed by atoms with Crippen LogP contribution < -0.4 is 10.6 Å². The molecule has 4 nitrogen and oxygen atoms in total. The van der Waals surface area contributed by atoms with Gasteiger partial charge in [-0.05, 0) is 43.6 Å². The molecule has 1 aromatic rings. The first-order valence-corrected chi connectivity index (χ1v) is 9.00. The van der Waals surface area contributed by atoms with Gasteiger partial charge < -0.3 is 15.4 Å². The molecule has 2 N–H and O–H groups in total. The molecule has 1 aromatic carbocycles. The molecule has 0 spiro atoms. The average molecular weight is 373 g/mol. The van der Waals surface area contributed by atoms with E-state index in [1.165, 1.54) is 0 Å². The van der Waals surface area contributed by atoms with E-state index in [-0.39, 0.29) is 11.3 Å². The molecule has 24 heavy (non-hydrogen) atoms. The molecule has 1 amide bonds. The summed E-state index contributed by atoms with van der Waals surface area (Å²) in [5, 5.41) is 7.64. The second kappa shape index (κ2) is 8.05. The molecule has 0 aromatic heterocycles. The van der Waals surface area contributed by atoms with Crippen LogP contribution in [0.5, 0.6) is 0 Å². The van der Waals surface area contributed by atoms with Crippen molar-refractivity contribution in [2.75, 3.05) is 33.4 Å². The minimum atomic E-state index is -0.458. The van der Waals surface area contributed by atoms with Crippen molar-refractivity contribution in [3.8, 4) is 0 Å². The van der Waals surface area contributed by atoms with Gasteiger partial charge in [0.2, 0.25) is 5.91 Å². The van der Waals surface area contributed by atoms with Gasteiger partial charge in [0.05, 0.1) is 12.0 Å². The van der Waals surface area contributed by atoms with Gasteiger partial charge in [0, 0.05) is 29.1 Å². The maximum atomic E-state index is 12.9. The highest BCUT2D eigenvalue weighted by atomic mass is 35.5. The largest absolute Gasteiger partial charge is 0.384 e. The van der Waals surface area contributed by atoms with Crippen LogP contribution in [0.1, 0.15) is 32.3 Å². The van der Waals surface area contributed by atoms with Crippen LogP contribution in [0, 0.1) is 5.41 Å². The number of methoxy groups -OCH3 is 1. The monoisotopic (exact) mass is 372 g/mol. The lowest BCUT2D eigenvalue weighted by Gasteiger charge is -2.37. The lowest BCUT2D eigenvalue weighted by Crippen LogP contribution is -2.52.